The fourth-order valence-corrected chi connectivity index (χ4v) is 7.59. The van der Waals surface area contributed by atoms with Gasteiger partial charge in [0, 0.05) is 12.7 Å². The summed E-state index contributed by atoms with van der Waals surface area (Å²) in [7, 11) is -3.73. The molecule has 1 aliphatic heterocycles. The van der Waals surface area contributed by atoms with E-state index in [-0.39, 0.29) is 16.7 Å². The van der Waals surface area contributed by atoms with Crippen LogP contribution in [0.3, 0.4) is 0 Å². The van der Waals surface area contributed by atoms with Crippen molar-refractivity contribution < 1.29 is 13.2 Å². The van der Waals surface area contributed by atoms with Gasteiger partial charge in [0.1, 0.15) is 10.3 Å². The molecule has 0 spiro atoms. The third kappa shape index (κ3) is 3.95. The highest BCUT2D eigenvalue weighted by Crippen LogP contribution is 2.34. The molecule has 164 valence electrons. The van der Waals surface area contributed by atoms with E-state index in [0.29, 0.717) is 30.2 Å². The van der Waals surface area contributed by atoms with Crippen LogP contribution in [-0.2, 0) is 21.4 Å². The van der Waals surface area contributed by atoms with Crippen LogP contribution in [0, 0.1) is 0 Å². The first-order valence-electron chi connectivity index (χ1n) is 10.2. The molecule has 10 heteroatoms. The van der Waals surface area contributed by atoms with E-state index >= 15 is 0 Å². The van der Waals surface area contributed by atoms with Crippen molar-refractivity contribution in [2.24, 2.45) is 0 Å². The van der Waals surface area contributed by atoms with Gasteiger partial charge in [0.05, 0.1) is 22.5 Å². The number of thiazole rings is 1. The molecular weight excluding hydrogens is 464 g/mol. The lowest BCUT2D eigenvalue weighted by atomic mass is 10.2. The minimum Gasteiger partial charge on any atom is -0.281 e. The van der Waals surface area contributed by atoms with Crippen molar-refractivity contribution in [3.63, 3.8) is 0 Å². The molecule has 1 amide bonds. The second kappa shape index (κ2) is 8.70. The number of thiophene rings is 1. The van der Waals surface area contributed by atoms with Crippen molar-refractivity contribution in [2.75, 3.05) is 11.4 Å². The predicted octanol–water partition coefficient (Wildman–Crippen LogP) is 4.14. The van der Waals surface area contributed by atoms with E-state index in [0.717, 1.165) is 10.2 Å². The Morgan fingerprint density at radius 1 is 1.12 bits per heavy atom. The summed E-state index contributed by atoms with van der Waals surface area (Å²) in [5.41, 5.74) is 1.52. The summed E-state index contributed by atoms with van der Waals surface area (Å²) < 4.78 is 29.0. The smallest absolute Gasteiger partial charge is 0.253 e. The van der Waals surface area contributed by atoms with Crippen LogP contribution < -0.4 is 4.90 Å². The number of nitrogens with zero attached hydrogens (tertiary/aromatic N) is 4. The zero-order valence-electron chi connectivity index (χ0n) is 17.0. The SMILES string of the molecule is O=C([C@H]1CCCN1S(=O)(=O)c1cccs1)N(Cc1ccccn1)c1nc2ccccc2s1. The number of fused-ring (bicyclic) bond motifs is 1. The van der Waals surface area contributed by atoms with Crippen LogP contribution in [-0.4, -0.2) is 41.2 Å². The lowest BCUT2D eigenvalue weighted by molar-refractivity contribution is -0.121. The first-order valence-corrected chi connectivity index (χ1v) is 13.3. The number of anilines is 1. The van der Waals surface area contributed by atoms with Gasteiger partial charge in [0.25, 0.3) is 10.0 Å². The number of carbonyl (C=O) groups is 1. The Morgan fingerprint density at radius 3 is 2.72 bits per heavy atom. The highest BCUT2D eigenvalue weighted by molar-refractivity contribution is 7.91. The normalized spacial score (nSPS) is 17.1. The van der Waals surface area contributed by atoms with Crippen LogP contribution in [0.2, 0.25) is 0 Å². The molecule has 0 radical (unpaired) electrons. The Balaban J connectivity index is 1.52. The minimum atomic E-state index is -3.73. The van der Waals surface area contributed by atoms with E-state index in [1.165, 1.54) is 27.0 Å². The van der Waals surface area contributed by atoms with Crippen LogP contribution in [0.15, 0.2) is 70.4 Å². The van der Waals surface area contributed by atoms with E-state index in [1.54, 1.807) is 28.6 Å². The van der Waals surface area contributed by atoms with Crippen LogP contribution in [0.5, 0.6) is 0 Å². The van der Waals surface area contributed by atoms with Gasteiger partial charge in [0.15, 0.2) is 5.13 Å². The number of aromatic nitrogens is 2. The lowest BCUT2D eigenvalue weighted by Gasteiger charge is -2.28. The fourth-order valence-electron chi connectivity index (χ4n) is 3.85. The molecule has 1 aromatic carbocycles. The van der Waals surface area contributed by atoms with Crippen molar-refractivity contribution in [3.8, 4) is 0 Å². The number of para-hydroxylation sites is 1. The minimum absolute atomic E-state index is 0.225. The van der Waals surface area contributed by atoms with Gasteiger partial charge >= 0.3 is 0 Å². The topological polar surface area (TPSA) is 83.5 Å². The maximum absolute atomic E-state index is 13.8. The van der Waals surface area contributed by atoms with E-state index < -0.39 is 16.1 Å². The highest BCUT2D eigenvalue weighted by Gasteiger charge is 2.42. The van der Waals surface area contributed by atoms with Crippen LogP contribution in [0.25, 0.3) is 10.2 Å². The molecule has 7 nitrogen and oxygen atoms in total. The molecule has 32 heavy (non-hydrogen) atoms. The highest BCUT2D eigenvalue weighted by atomic mass is 32.2. The Kier molecular flexibility index (Phi) is 5.76. The number of benzene rings is 1. The maximum Gasteiger partial charge on any atom is 0.253 e. The average Bonchev–Trinajstić information content (AvgIpc) is 3.57. The van der Waals surface area contributed by atoms with Crippen molar-refractivity contribution in [3.05, 3.63) is 71.9 Å². The summed E-state index contributed by atoms with van der Waals surface area (Å²) in [6.45, 7) is 0.552. The summed E-state index contributed by atoms with van der Waals surface area (Å²) in [4.78, 5) is 24.4. The summed E-state index contributed by atoms with van der Waals surface area (Å²) >= 11 is 2.58. The zero-order chi connectivity index (χ0) is 22.1. The van der Waals surface area contributed by atoms with Crippen molar-refractivity contribution >= 4 is 54.0 Å². The largest absolute Gasteiger partial charge is 0.281 e. The predicted molar refractivity (Wildman–Crippen MR) is 126 cm³/mol. The molecule has 0 N–H and O–H groups in total. The third-order valence-electron chi connectivity index (χ3n) is 5.37. The first-order chi connectivity index (χ1) is 15.5. The van der Waals surface area contributed by atoms with Crippen molar-refractivity contribution in [1.82, 2.24) is 14.3 Å². The molecule has 1 atom stereocenters. The Bertz CT molecular complexity index is 1300. The van der Waals surface area contributed by atoms with Crippen molar-refractivity contribution in [2.45, 2.75) is 29.6 Å². The molecule has 3 aromatic heterocycles. The summed E-state index contributed by atoms with van der Waals surface area (Å²) in [5, 5.41) is 2.27. The third-order valence-corrected chi connectivity index (χ3v) is 9.71. The maximum atomic E-state index is 13.8. The molecule has 1 fully saturated rings. The first kappa shape index (κ1) is 21.2. The lowest BCUT2D eigenvalue weighted by Crippen LogP contribution is -2.47. The number of carbonyl (C=O) groups excluding carboxylic acids is 1. The zero-order valence-corrected chi connectivity index (χ0v) is 19.4. The van der Waals surface area contributed by atoms with E-state index in [9.17, 15) is 13.2 Å². The number of sulfonamides is 1. The van der Waals surface area contributed by atoms with Gasteiger partial charge in [-0.05, 0) is 48.6 Å². The second-order valence-corrected chi connectivity index (χ2v) is 11.5. The summed E-state index contributed by atoms with van der Waals surface area (Å²) in [5.74, 6) is -0.271. The Hall–Kier alpha value is -2.66. The van der Waals surface area contributed by atoms with Crippen LogP contribution in [0.4, 0.5) is 5.13 Å². The van der Waals surface area contributed by atoms with Crippen molar-refractivity contribution in [1.29, 1.82) is 0 Å². The quantitative estimate of drug-likeness (QED) is 0.411. The molecule has 0 aliphatic carbocycles. The monoisotopic (exact) mass is 484 g/mol. The van der Waals surface area contributed by atoms with Gasteiger partial charge in [-0.3, -0.25) is 14.7 Å². The molecule has 0 unspecified atom stereocenters. The molecule has 0 bridgehead atoms. The Morgan fingerprint density at radius 2 is 1.97 bits per heavy atom. The second-order valence-electron chi connectivity index (χ2n) is 7.42. The molecule has 0 saturated carbocycles. The number of hydrogen-bond donors (Lipinski definition) is 0. The molecule has 1 aliphatic rings. The molecule has 4 aromatic rings. The number of rotatable bonds is 6. The molecule has 1 saturated heterocycles. The van der Waals surface area contributed by atoms with Crippen LogP contribution >= 0.6 is 22.7 Å². The molecule has 5 rings (SSSR count). The van der Waals surface area contributed by atoms with E-state index in [4.69, 9.17) is 0 Å². The van der Waals surface area contributed by atoms with Gasteiger partial charge in [-0.15, -0.1) is 11.3 Å². The van der Waals surface area contributed by atoms with Gasteiger partial charge in [-0.1, -0.05) is 35.6 Å². The average molecular weight is 485 g/mol. The standard InChI is InChI=1S/C22H20N4O3S3/c27-21(18-9-5-13-26(18)32(28,29)20-11-6-14-30-20)25(15-16-7-3-4-12-23-16)22-24-17-8-1-2-10-19(17)31-22/h1-4,6-8,10-12,14,18H,5,9,13,15H2/t18-/m1/s1. The van der Waals surface area contributed by atoms with Crippen LogP contribution in [0.1, 0.15) is 18.5 Å². The van der Waals surface area contributed by atoms with E-state index in [2.05, 4.69) is 9.97 Å². The van der Waals surface area contributed by atoms with Gasteiger partial charge in [-0.2, -0.15) is 4.31 Å². The Labute approximate surface area is 194 Å². The van der Waals surface area contributed by atoms with E-state index in [1.807, 2.05) is 42.5 Å². The number of pyridine rings is 1. The number of hydrogen-bond acceptors (Lipinski definition) is 7. The summed E-state index contributed by atoms with van der Waals surface area (Å²) in [6, 6.07) is 15.8. The number of amides is 1. The summed E-state index contributed by atoms with van der Waals surface area (Å²) in [6.07, 6.45) is 2.80. The fraction of sp³-hybridized carbons (Fsp3) is 0.227. The van der Waals surface area contributed by atoms with Gasteiger partial charge in [0.2, 0.25) is 5.91 Å². The van der Waals surface area contributed by atoms with Gasteiger partial charge < -0.3 is 0 Å². The van der Waals surface area contributed by atoms with Gasteiger partial charge in [-0.25, -0.2) is 13.4 Å². The molecule has 4 heterocycles. The molecular formula is C22H20N4O3S3.